The molecule has 0 bridgehead atoms. The Kier molecular flexibility index (Phi) is 6.68. The maximum atomic E-state index is 12.2. The third-order valence-corrected chi connectivity index (χ3v) is 3.36. The van der Waals surface area contributed by atoms with Crippen molar-refractivity contribution in [3.63, 3.8) is 0 Å². The Morgan fingerprint density at radius 2 is 1.24 bits per heavy atom. The van der Waals surface area contributed by atoms with Gasteiger partial charge in [0.1, 0.15) is 6.10 Å². The van der Waals surface area contributed by atoms with Crippen LogP contribution in [0.5, 0.6) is 0 Å². The van der Waals surface area contributed by atoms with E-state index in [1.807, 2.05) is 0 Å². The minimum atomic E-state index is -1.53. The Morgan fingerprint density at radius 1 is 0.840 bits per heavy atom. The van der Waals surface area contributed by atoms with E-state index < -0.39 is 30.4 Å². The summed E-state index contributed by atoms with van der Waals surface area (Å²) in [6.07, 6.45) is -3.87. The molecule has 2 unspecified atom stereocenters. The molecule has 0 aliphatic rings. The maximum Gasteiger partial charge on any atom is 0.341 e. The first-order valence-electron chi connectivity index (χ1n) is 7.85. The van der Waals surface area contributed by atoms with Crippen molar-refractivity contribution in [1.29, 1.82) is 0 Å². The monoisotopic (exact) mass is 344 g/mol. The normalized spacial score (nSPS) is 13.1. The Morgan fingerprint density at radius 3 is 1.60 bits per heavy atom. The van der Waals surface area contributed by atoms with E-state index in [-0.39, 0.29) is 17.5 Å². The molecule has 0 saturated carbocycles. The highest BCUT2D eigenvalue weighted by Gasteiger charge is 2.29. The van der Waals surface area contributed by atoms with Crippen molar-refractivity contribution in [2.75, 3.05) is 0 Å². The molecule has 25 heavy (non-hydrogen) atoms. The van der Waals surface area contributed by atoms with Gasteiger partial charge in [-0.15, -0.1) is 0 Å². The third kappa shape index (κ3) is 5.70. The van der Waals surface area contributed by atoms with Gasteiger partial charge in [-0.05, 0) is 31.2 Å². The Bertz CT molecular complexity index is 630. The van der Waals surface area contributed by atoms with Crippen molar-refractivity contribution in [2.45, 2.75) is 31.8 Å². The molecule has 2 N–H and O–H groups in total. The van der Waals surface area contributed by atoms with Crippen LogP contribution in [0.25, 0.3) is 0 Å². The number of benzene rings is 2. The van der Waals surface area contributed by atoms with E-state index >= 15 is 0 Å². The molecule has 132 valence electrons. The molecule has 0 fully saturated rings. The minimum Gasteiger partial charge on any atom is -0.419 e. The number of aliphatic hydroxyl groups is 2. The van der Waals surface area contributed by atoms with Crippen LogP contribution in [-0.2, 0) is 9.47 Å². The smallest absolute Gasteiger partial charge is 0.341 e. The fourth-order valence-corrected chi connectivity index (χ4v) is 2.14. The zero-order valence-corrected chi connectivity index (χ0v) is 13.7. The van der Waals surface area contributed by atoms with Crippen LogP contribution in [0, 0.1) is 0 Å². The lowest BCUT2D eigenvalue weighted by Gasteiger charge is -2.24. The van der Waals surface area contributed by atoms with Gasteiger partial charge in [0.25, 0.3) is 6.29 Å². The second-order valence-electron chi connectivity index (χ2n) is 5.56. The van der Waals surface area contributed by atoms with Gasteiger partial charge in [0.05, 0.1) is 17.2 Å². The molecule has 0 aliphatic heterocycles. The van der Waals surface area contributed by atoms with Gasteiger partial charge in [-0.1, -0.05) is 36.4 Å². The molecule has 6 nitrogen and oxygen atoms in total. The third-order valence-electron chi connectivity index (χ3n) is 3.36. The van der Waals surface area contributed by atoms with Gasteiger partial charge in [0.2, 0.25) is 0 Å². The summed E-state index contributed by atoms with van der Waals surface area (Å²) in [5.74, 6) is -1.48. The summed E-state index contributed by atoms with van der Waals surface area (Å²) in [4.78, 5) is 24.4. The van der Waals surface area contributed by atoms with Gasteiger partial charge in [0, 0.05) is 6.42 Å². The van der Waals surface area contributed by atoms with Crippen LogP contribution >= 0.6 is 0 Å². The number of esters is 2. The Hall–Kier alpha value is -2.70. The van der Waals surface area contributed by atoms with Gasteiger partial charge < -0.3 is 19.7 Å². The molecular weight excluding hydrogens is 324 g/mol. The lowest BCUT2D eigenvalue weighted by atomic mass is 10.1. The van der Waals surface area contributed by atoms with Gasteiger partial charge in [-0.2, -0.15) is 0 Å². The second-order valence-corrected chi connectivity index (χ2v) is 5.56. The number of ether oxygens (including phenoxy) is 2. The predicted molar refractivity (Wildman–Crippen MR) is 89.8 cm³/mol. The van der Waals surface area contributed by atoms with Crippen molar-refractivity contribution in [1.82, 2.24) is 0 Å². The molecule has 2 atom stereocenters. The number of hydrogen-bond donors (Lipinski definition) is 2. The van der Waals surface area contributed by atoms with Crippen LogP contribution in [-0.4, -0.2) is 40.6 Å². The molecule has 0 saturated heterocycles. The summed E-state index contributed by atoms with van der Waals surface area (Å²) in [5.41, 5.74) is 0.514. The molecule has 2 rings (SSSR count). The molecule has 0 amide bonds. The van der Waals surface area contributed by atoms with Crippen LogP contribution in [0.15, 0.2) is 60.7 Å². The minimum absolute atomic E-state index is 0.116. The average Bonchev–Trinajstić information content (AvgIpc) is 2.62. The highest BCUT2D eigenvalue weighted by molar-refractivity contribution is 5.91. The fraction of sp³-hybridized carbons (Fsp3) is 0.263. The van der Waals surface area contributed by atoms with Gasteiger partial charge in [-0.25, -0.2) is 9.59 Å². The van der Waals surface area contributed by atoms with E-state index in [0.717, 1.165) is 0 Å². The second kappa shape index (κ2) is 8.96. The zero-order chi connectivity index (χ0) is 18.2. The fourth-order valence-electron chi connectivity index (χ4n) is 2.14. The number of carbonyl (C=O) groups is 2. The molecule has 6 heteroatoms. The highest BCUT2D eigenvalue weighted by atomic mass is 16.7. The summed E-state index contributed by atoms with van der Waals surface area (Å²) in [6, 6.07) is 16.3. The first-order chi connectivity index (χ1) is 12.0. The SMILES string of the molecule is CC(O)CC(O)C(OC(=O)c1ccccc1)OC(=O)c1ccccc1. The quantitative estimate of drug-likeness (QED) is 0.591. The van der Waals surface area contributed by atoms with Crippen LogP contribution in [0.1, 0.15) is 34.1 Å². The van der Waals surface area contributed by atoms with Gasteiger partial charge >= 0.3 is 11.9 Å². The Balaban J connectivity index is 2.12. The first kappa shape index (κ1) is 18.6. The number of hydrogen-bond acceptors (Lipinski definition) is 6. The largest absolute Gasteiger partial charge is 0.419 e. The number of rotatable bonds is 7. The van der Waals surface area contributed by atoms with E-state index in [9.17, 15) is 19.8 Å². The number of aliphatic hydroxyl groups excluding tert-OH is 2. The van der Waals surface area contributed by atoms with Crippen LogP contribution < -0.4 is 0 Å². The van der Waals surface area contributed by atoms with Crippen LogP contribution in [0.2, 0.25) is 0 Å². The molecule has 2 aromatic carbocycles. The summed E-state index contributed by atoms with van der Waals surface area (Å²) >= 11 is 0. The lowest BCUT2D eigenvalue weighted by Crippen LogP contribution is -2.37. The molecule has 0 spiro atoms. The van der Waals surface area contributed by atoms with E-state index in [1.165, 1.54) is 6.92 Å². The molecule has 0 heterocycles. The van der Waals surface area contributed by atoms with Gasteiger partial charge in [-0.3, -0.25) is 0 Å². The predicted octanol–water partition coefficient (Wildman–Crippen LogP) is 2.16. The zero-order valence-electron chi connectivity index (χ0n) is 13.7. The molecular formula is C19H20O6. The Labute approximate surface area is 145 Å². The molecule has 2 aromatic rings. The van der Waals surface area contributed by atoms with E-state index in [2.05, 4.69) is 0 Å². The molecule has 0 aliphatic carbocycles. The molecule has 0 radical (unpaired) electrons. The summed E-state index contributed by atoms with van der Waals surface area (Å²) < 4.78 is 10.3. The highest BCUT2D eigenvalue weighted by Crippen LogP contribution is 2.14. The molecule has 0 aromatic heterocycles. The van der Waals surface area contributed by atoms with Crippen molar-refractivity contribution in [2.24, 2.45) is 0 Å². The number of carbonyl (C=O) groups excluding carboxylic acids is 2. The maximum absolute atomic E-state index is 12.2. The first-order valence-corrected chi connectivity index (χ1v) is 7.85. The average molecular weight is 344 g/mol. The summed E-state index contributed by atoms with van der Waals surface area (Å²) in [6.45, 7) is 1.47. The summed E-state index contributed by atoms with van der Waals surface area (Å²) in [7, 11) is 0. The van der Waals surface area contributed by atoms with Gasteiger partial charge in [0.15, 0.2) is 0 Å². The topological polar surface area (TPSA) is 93.1 Å². The van der Waals surface area contributed by atoms with Crippen molar-refractivity contribution in [3.8, 4) is 0 Å². The standard InChI is InChI=1S/C19H20O6/c1-13(20)12-16(21)19(24-17(22)14-8-4-2-5-9-14)25-18(23)15-10-6-3-7-11-15/h2-11,13,16,19-21H,12H2,1H3. The van der Waals surface area contributed by atoms with Crippen molar-refractivity contribution >= 4 is 11.9 Å². The van der Waals surface area contributed by atoms with Crippen molar-refractivity contribution in [3.05, 3.63) is 71.8 Å². The van der Waals surface area contributed by atoms with E-state index in [4.69, 9.17) is 9.47 Å². The summed E-state index contributed by atoms with van der Waals surface area (Å²) in [5, 5.41) is 19.6. The van der Waals surface area contributed by atoms with Crippen LogP contribution in [0.4, 0.5) is 0 Å². The van der Waals surface area contributed by atoms with Crippen molar-refractivity contribution < 1.29 is 29.3 Å². The van der Waals surface area contributed by atoms with E-state index in [0.29, 0.717) is 0 Å². The van der Waals surface area contributed by atoms with E-state index in [1.54, 1.807) is 60.7 Å². The van der Waals surface area contributed by atoms with Crippen LogP contribution in [0.3, 0.4) is 0 Å². The lowest BCUT2D eigenvalue weighted by molar-refractivity contribution is -0.143.